The quantitative estimate of drug-likeness (QED) is 0.698. The van der Waals surface area contributed by atoms with Crippen LogP contribution in [0.5, 0.6) is 5.75 Å². The van der Waals surface area contributed by atoms with Crippen LogP contribution in [-0.4, -0.2) is 35.6 Å². The van der Waals surface area contributed by atoms with Gasteiger partial charge in [-0.25, -0.2) is 0 Å². The lowest BCUT2D eigenvalue weighted by Gasteiger charge is -2.38. The molecular weight excluding hydrogens is 378 g/mol. The monoisotopic (exact) mass is 393 g/mol. The van der Waals surface area contributed by atoms with Crippen molar-refractivity contribution in [2.45, 2.75) is 12.0 Å². The van der Waals surface area contributed by atoms with Crippen LogP contribution in [0.1, 0.15) is 21.8 Å². The Labute approximate surface area is 166 Å². The molecule has 0 unspecified atom stereocenters. The predicted octanol–water partition coefficient (Wildman–Crippen LogP) is 3.24. The molecule has 6 heteroatoms. The zero-order valence-corrected chi connectivity index (χ0v) is 15.7. The summed E-state index contributed by atoms with van der Waals surface area (Å²) in [6, 6.07) is 14.2. The number of nitrogens with zero attached hydrogens (tertiary/aromatic N) is 1. The number of ketones is 1. The molecule has 2 aromatic rings. The highest BCUT2D eigenvalue weighted by molar-refractivity contribution is 6.30. The molecular formula is C22H16ClNO4. The lowest BCUT2D eigenvalue weighted by Crippen LogP contribution is -2.46. The number of hydrogen-bond donors (Lipinski definition) is 0. The second kappa shape index (κ2) is 6.04. The number of carbonyl (C=O) groups is 3. The van der Waals surface area contributed by atoms with Crippen molar-refractivity contribution >= 4 is 29.2 Å². The Morgan fingerprint density at radius 2 is 1.61 bits per heavy atom. The molecule has 2 amide bonds. The Hall–Kier alpha value is -2.92. The van der Waals surface area contributed by atoms with Gasteiger partial charge in [0.2, 0.25) is 11.8 Å². The standard InChI is InChI=1S/C22H16ClNO4/c1-24-21(26)17-14(11-6-8-12(23)9-7-11)10-15-19(25)13-4-2-3-5-16(13)28-20(15)18(17)22(24)27/h2-10,14,17-18,20H,1H3/t14-,17-,18-,20+/m1/s1. The smallest absolute Gasteiger partial charge is 0.236 e. The average Bonchev–Trinajstić information content (AvgIpc) is 2.93. The number of rotatable bonds is 1. The number of ether oxygens (including phenoxy) is 1. The summed E-state index contributed by atoms with van der Waals surface area (Å²) in [5.74, 6) is -1.99. The van der Waals surface area contributed by atoms with E-state index in [1.807, 2.05) is 12.1 Å². The molecule has 5 rings (SSSR count). The maximum Gasteiger partial charge on any atom is 0.236 e. The fraction of sp³-hybridized carbons (Fsp3) is 0.227. The third-order valence-electron chi connectivity index (χ3n) is 5.90. The Balaban J connectivity index is 1.70. The molecule has 4 atom stereocenters. The fourth-order valence-electron chi connectivity index (χ4n) is 4.52. The van der Waals surface area contributed by atoms with E-state index in [-0.39, 0.29) is 17.6 Å². The Bertz CT molecular complexity index is 1060. The van der Waals surface area contributed by atoms with Gasteiger partial charge in [0.1, 0.15) is 11.9 Å². The van der Waals surface area contributed by atoms with Gasteiger partial charge in [0.25, 0.3) is 0 Å². The van der Waals surface area contributed by atoms with Crippen LogP contribution in [0.2, 0.25) is 5.02 Å². The summed E-state index contributed by atoms with van der Waals surface area (Å²) >= 11 is 6.01. The molecule has 2 aliphatic heterocycles. The highest BCUT2D eigenvalue weighted by Gasteiger charge is 2.58. The van der Waals surface area contributed by atoms with E-state index in [0.717, 1.165) is 10.5 Å². The van der Waals surface area contributed by atoms with Gasteiger partial charge in [-0.15, -0.1) is 0 Å². The van der Waals surface area contributed by atoms with E-state index in [9.17, 15) is 14.4 Å². The van der Waals surface area contributed by atoms with Crippen LogP contribution >= 0.6 is 11.6 Å². The van der Waals surface area contributed by atoms with Gasteiger partial charge >= 0.3 is 0 Å². The molecule has 140 valence electrons. The topological polar surface area (TPSA) is 63.7 Å². The van der Waals surface area contributed by atoms with E-state index in [0.29, 0.717) is 21.9 Å². The number of para-hydroxylation sites is 1. The van der Waals surface area contributed by atoms with Gasteiger partial charge in [-0.1, -0.05) is 41.9 Å². The minimum Gasteiger partial charge on any atom is -0.484 e. The number of halogens is 1. The van der Waals surface area contributed by atoms with Crippen molar-refractivity contribution in [3.05, 3.63) is 76.3 Å². The Kier molecular flexibility index (Phi) is 3.71. The lowest BCUT2D eigenvalue weighted by atomic mass is 9.68. The maximum absolute atomic E-state index is 13.2. The van der Waals surface area contributed by atoms with Crippen LogP contribution in [-0.2, 0) is 9.59 Å². The van der Waals surface area contributed by atoms with Crippen molar-refractivity contribution in [1.29, 1.82) is 0 Å². The Morgan fingerprint density at radius 1 is 0.929 bits per heavy atom. The summed E-state index contributed by atoms with van der Waals surface area (Å²) in [5.41, 5.74) is 1.76. The third kappa shape index (κ3) is 2.29. The van der Waals surface area contributed by atoms with Crippen LogP contribution in [0.15, 0.2) is 60.2 Å². The van der Waals surface area contributed by atoms with Crippen LogP contribution in [0.4, 0.5) is 0 Å². The van der Waals surface area contributed by atoms with Gasteiger partial charge in [-0.2, -0.15) is 0 Å². The van der Waals surface area contributed by atoms with E-state index < -0.39 is 23.9 Å². The lowest BCUT2D eigenvalue weighted by molar-refractivity contribution is -0.138. The SMILES string of the molecule is CN1C(=O)[C@@H]2[C@H](C1=O)[C@@H](c1ccc(Cl)cc1)C=C1C(=O)c3ccccc3O[C@@H]12. The van der Waals surface area contributed by atoms with Gasteiger partial charge in [0.15, 0.2) is 5.78 Å². The van der Waals surface area contributed by atoms with Crippen molar-refractivity contribution in [2.75, 3.05) is 7.05 Å². The first-order valence-electron chi connectivity index (χ1n) is 9.06. The summed E-state index contributed by atoms with van der Waals surface area (Å²) in [5, 5.41) is 0.582. The molecule has 0 aromatic heterocycles. The maximum atomic E-state index is 13.2. The first kappa shape index (κ1) is 17.2. The molecule has 3 aliphatic rings. The van der Waals surface area contributed by atoms with E-state index >= 15 is 0 Å². The van der Waals surface area contributed by atoms with Crippen molar-refractivity contribution in [3.63, 3.8) is 0 Å². The Morgan fingerprint density at radius 3 is 2.36 bits per heavy atom. The highest BCUT2D eigenvalue weighted by atomic mass is 35.5. The van der Waals surface area contributed by atoms with Crippen LogP contribution in [0.3, 0.4) is 0 Å². The second-order valence-corrected chi connectivity index (χ2v) is 7.79. The molecule has 1 fully saturated rings. The first-order chi connectivity index (χ1) is 13.5. The fourth-order valence-corrected chi connectivity index (χ4v) is 4.65. The number of imide groups is 1. The molecule has 0 N–H and O–H groups in total. The number of allylic oxidation sites excluding steroid dienone is 1. The van der Waals surface area contributed by atoms with Gasteiger partial charge < -0.3 is 4.74 Å². The van der Waals surface area contributed by atoms with E-state index in [2.05, 4.69) is 0 Å². The molecule has 28 heavy (non-hydrogen) atoms. The van der Waals surface area contributed by atoms with Crippen molar-refractivity contribution < 1.29 is 19.1 Å². The third-order valence-corrected chi connectivity index (χ3v) is 6.15. The summed E-state index contributed by atoms with van der Waals surface area (Å²) < 4.78 is 6.08. The first-order valence-corrected chi connectivity index (χ1v) is 9.44. The molecule has 0 bridgehead atoms. The van der Waals surface area contributed by atoms with Gasteiger partial charge in [0.05, 0.1) is 17.4 Å². The molecule has 0 saturated carbocycles. The molecule has 2 heterocycles. The van der Waals surface area contributed by atoms with Crippen LogP contribution < -0.4 is 4.74 Å². The number of carbonyl (C=O) groups excluding carboxylic acids is 3. The van der Waals surface area contributed by atoms with Gasteiger partial charge in [-0.3, -0.25) is 19.3 Å². The summed E-state index contributed by atoms with van der Waals surface area (Å²) in [7, 11) is 1.49. The number of benzene rings is 2. The largest absolute Gasteiger partial charge is 0.484 e. The molecule has 0 spiro atoms. The highest BCUT2D eigenvalue weighted by Crippen LogP contribution is 2.49. The number of fused-ring (bicyclic) bond motifs is 4. The predicted molar refractivity (Wildman–Crippen MR) is 102 cm³/mol. The summed E-state index contributed by atoms with van der Waals surface area (Å²) in [4.78, 5) is 40.1. The molecule has 1 aliphatic carbocycles. The normalized spacial score (nSPS) is 28.3. The molecule has 5 nitrogen and oxygen atoms in total. The van der Waals surface area contributed by atoms with Crippen molar-refractivity contribution in [2.24, 2.45) is 11.8 Å². The van der Waals surface area contributed by atoms with E-state index in [4.69, 9.17) is 16.3 Å². The number of likely N-dealkylation sites (tertiary alicyclic amines) is 1. The van der Waals surface area contributed by atoms with Crippen molar-refractivity contribution in [1.82, 2.24) is 4.90 Å². The van der Waals surface area contributed by atoms with E-state index in [1.54, 1.807) is 42.5 Å². The summed E-state index contributed by atoms with van der Waals surface area (Å²) in [6.07, 6.45) is 1.05. The zero-order valence-electron chi connectivity index (χ0n) is 15.0. The number of Topliss-reactive ketones (excluding diaryl/α,β-unsaturated/α-hetero) is 1. The average molecular weight is 394 g/mol. The van der Waals surface area contributed by atoms with E-state index in [1.165, 1.54) is 7.05 Å². The van der Waals surface area contributed by atoms with Gasteiger partial charge in [0, 0.05) is 23.6 Å². The minimum atomic E-state index is -0.752. The molecule has 1 saturated heterocycles. The minimum absolute atomic E-state index is 0.154. The molecule has 2 aromatic carbocycles. The van der Waals surface area contributed by atoms with Gasteiger partial charge in [-0.05, 0) is 29.8 Å². The second-order valence-electron chi connectivity index (χ2n) is 7.35. The number of hydrogen-bond acceptors (Lipinski definition) is 4. The molecule has 0 radical (unpaired) electrons. The zero-order chi connectivity index (χ0) is 19.6. The van der Waals surface area contributed by atoms with Crippen LogP contribution in [0, 0.1) is 11.8 Å². The summed E-state index contributed by atoms with van der Waals surface area (Å²) in [6.45, 7) is 0. The number of amides is 2. The van der Waals surface area contributed by atoms with Crippen LogP contribution in [0.25, 0.3) is 0 Å². The van der Waals surface area contributed by atoms with Crippen molar-refractivity contribution in [3.8, 4) is 5.75 Å².